The molecular weight excluding hydrogens is 300 g/mol. The van der Waals surface area contributed by atoms with Gasteiger partial charge < -0.3 is 4.18 Å². The number of hydrogen-bond acceptors (Lipinski definition) is 4. The van der Waals surface area contributed by atoms with Crippen LogP contribution >= 0.6 is 0 Å². The van der Waals surface area contributed by atoms with Gasteiger partial charge in [-0.1, -0.05) is 38.1 Å². The van der Waals surface area contributed by atoms with Crippen LogP contribution in [0.1, 0.15) is 42.6 Å². The summed E-state index contributed by atoms with van der Waals surface area (Å²) in [7, 11) is -3.95. The molecule has 4 nitrogen and oxygen atoms in total. The molecule has 0 aliphatic rings. The fourth-order valence-corrected chi connectivity index (χ4v) is 2.93. The van der Waals surface area contributed by atoms with E-state index in [1.807, 2.05) is 12.1 Å². The summed E-state index contributed by atoms with van der Waals surface area (Å²) in [5, 5.41) is 0. The molecule has 0 atom stereocenters. The first kappa shape index (κ1) is 16.2. The van der Waals surface area contributed by atoms with E-state index in [2.05, 4.69) is 13.8 Å². The minimum atomic E-state index is -3.95. The molecule has 5 heteroatoms. The number of Topliss-reactive ketones (excluding diaryl/α,β-unsaturated/α-hetero) is 1. The lowest BCUT2D eigenvalue weighted by Crippen LogP contribution is -2.10. The topological polar surface area (TPSA) is 60.4 Å². The molecule has 0 aliphatic heterocycles. The van der Waals surface area contributed by atoms with Crippen LogP contribution in [-0.2, 0) is 10.1 Å². The smallest absolute Gasteiger partial charge is 0.339 e. The first-order valence-corrected chi connectivity index (χ1v) is 8.36. The van der Waals surface area contributed by atoms with E-state index in [9.17, 15) is 13.2 Å². The van der Waals surface area contributed by atoms with Crippen molar-refractivity contribution in [3.05, 3.63) is 59.7 Å². The Morgan fingerprint density at radius 1 is 1.05 bits per heavy atom. The molecule has 2 rings (SSSR count). The standard InChI is InChI=1S/C17H18O4S/c1-12(2)14-7-9-16(10-8-14)21-22(19,20)17-6-4-5-15(11-17)13(3)18/h4-12H,1-3H3. The van der Waals surface area contributed by atoms with Crippen molar-refractivity contribution in [2.24, 2.45) is 0 Å². The summed E-state index contributed by atoms with van der Waals surface area (Å²) in [5.41, 5.74) is 1.43. The van der Waals surface area contributed by atoms with Gasteiger partial charge in [-0.05, 0) is 42.7 Å². The maximum atomic E-state index is 12.3. The monoisotopic (exact) mass is 318 g/mol. The molecule has 0 radical (unpaired) electrons. The van der Waals surface area contributed by atoms with E-state index in [1.165, 1.54) is 25.1 Å². The highest BCUT2D eigenvalue weighted by Gasteiger charge is 2.18. The predicted molar refractivity (Wildman–Crippen MR) is 84.8 cm³/mol. The van der Waals surface area contributed by atoms with Gasteiger partial charge in [-0.3, -0.25) is 4.79 Å². The minimum absolute atomic E-state index is 0.0341. The average molecular weight is 318 g/mol. The number of ketones is 1. The predicted octanol–water partition coefficient (Wildman–Crippen LogP) is 3.78. The zero-order valence-corrected chi connectivity index (χ0v) is 13.6. The summed E-state index contributed by atoms with van der Waals surface area (Å²) >= 11 is 0. The van der Waals surface area contributed by atoms with Crippen LogP contribution in [0.25, 0.3) is 0 Å². The van der Waals surface area contributed by atoms with Crippen LogP contribution in [0.4, 0.5) is 0 Å². The first-order valence-electron chi connectivity index (χ1n) is 6.95. The van der Waals surface area contributed by atoms with Crippen molar-refractivity contribution in [1.82, 2.24) is 0 Å². The lowest BCUT2D eigenvalue weighted by atomic mass is 10.0. The van der Waals surface area contributed by atoms with Crippen molar-refractivity contribution in [2.45, 2.75) is 31.6 Å². The van der Waals surface area contributed by atoms with Crippen LogP contribution < -0.4 is 4.18 Å². The Morgan fingerprint density at radius 3 is 2.23 bits per heavy atom. The van der Waals surface area contributed by atoms with Gasteiger partial charge in [-0.2, -0.15) is 8.42 Å². The molecule has 116 valence electrons. The highest BCUT2D eigenvalue weighted by molar-refractivity contribution is 7.87. The van der Waals surface area contributed by atoms with Crippen molar-refractivity contribution >= 4 is 15.9 Å². The number of carbonyl (C=O) groups excluding carboxylic acids is 1. The van der Waals surface area contributed by atoms with Crippen LogP contribution in [0.15, 0.2) is 53.4 Å². The van der Waals surface area contributed by atoms with Gasteiger partial charge in [0.1, 0.15) is 10.6 Å². The van der Waals surface area contributed by atoms with Crippen LogP contribution in [0.2, 0.25) is 0 Å². The summed E-state index contributed by atoms with van der Waals surface area (Å²) < 4.78 is 29.6. The third-order valence-corrected chi connectivity index (χ3v) is 4.53. The second kappa shape index (κ2) is 6.32. The molecule has 0 aliphatic carbocycles. The molecule has 0 spiro atoms. The summed E-state index contributed by atoms with van der Waals surface area (Å²) in [6.07, 6.45) is 0. The Hall–Kier alpha value is -2.14. The van der Waals surface area contributed by atoms with Crippen LogP contribution in [0.5, 0.6) is 5.75 Å². The summed E-state index contributed by atoms with van der Waals surface area (Å²) in [4.78, 5) is 11.3. The van der Waals surface area contributed by atoms with E-state index in [1.54, 1.807) is 18.2 Å². The number of hydrogen-bond donors (Lipinski definition) is 0. The van der Waals surface area contributed by atoms with Gasteiger partial charge in [-0.15, -0.1) is 0 Å². The molecule has 0 fully saturated rings. The van der Waals surface area contributed by atoms with E-state index >= 15 is 0 Å². The molecule has 0 saturated carbocycles. The molecule has 2 aromatic carbocycles. The van der Waals surface area contributed by atoms with E-state index < -0.39 is 10.1 Å². The quantitative estimate of drug-likeness (QED) is 0.622. The van der Waals surface area contributed by atoms with Crippen molar-refractivity contribution < 1.29 is 17.4 Å². The van der Waals surface area contributed by atoms with Crippen molar-refractivity contribution in [3.8, 4) is 5.75 Å². The molecule has 0 unspecified atom stereocenters. The fraction of sp³-hybridized carbons (Fsp3) is 0.235. The maximum absolute atomic E-state index is 12.3. The summed E-state index contributed by atoms with van der Waals surface area (Å²) in [6.45, 7) is 5.50. The number of rotatable bonds is 5. The van der Waals surface area contributed by atoms with E-state index in [0.717, 1.165) is 5.56 Å². The lowest BCUT2D eigenvalue weighted by molar-refractivity contribution is 0.101. The third kappa shape index (κ3) is 3.74. The Kier molecular flexibility index (Phi) is 4.66. The highest BCUT2D eigenvalue weighted by atomic mass is 32.2. The van der Waals surface area contributed by atoms with Gasteiger partial charge in [0.05, 0.1) is 0 Å². The molecule has 0 aromatic heterocycles. The molecule has 0 bridgehead atoms. The van der Waals surface area contributed by atoms with Gasteiger partial charge in [0.25, 0.3) is 0 Å². The SMILES string of the molecule is CC(=O)c1cccc(S(=O)(=O)Oc2ccc(C(C)C)cc2)c1. The molecule has 0 saturated heterocycles. The first-order chi connectivity index (χ1) is 10.3. The van der Waals surface area contributed by atoms with Gasteiger partial charge in [0.2, 0.25) is 0 Å². The van der Waals surface area contributed by atoms with Crippen molar-refractivity contribution in [1.29, 1.82) is 0 Å². The largest absolute Gasteiger partial charge is 0.379 e. The molecule has 2 aromatic rings. The Balaban J connectivity index is 2.27. The highest BCUT2D eigenvalue weighted by Crippen LogP contribution is 2.22. The second-order valence-corrected chi connectivity index (χ2v) is 6.89. The van der Waals surface area contributed by atoms with Crippen molar-refractivity contribution in [2.75, 3.05) is 0 Å². The minimum Gasteiger partial charge on any atom is -0.379 e. The van der Waals surface area contributed by atoms with Gasteiger partial charge in [0.15, 0.2) is 5.78 Å². The van der Waals surface area contributed by atoms with Crippen LogP contribution in [0, 0.1) is 0 Å². The number of carbonyl (C=O) groups is 1. The Bertz CT molecular complexity index is 775. The summed E-state index contributed by atoms with van der Waals surface area (Å²) in [5.74, 6) is 0.411. The molecule has 22 heavy (non-hydrogen) atoms. The van der Waals surface area contributed by atoms with Gasteiger partial charge >= 0.3 is 10.1 Å². The average Bonchev–Trinajstić information content (AvgIpc) is 2.47. The normalized spacial score (nSPS) is 11.5. The maximum Gasteiger partial charge on any atom is 0.339 e. The Labute approximate surface area is 130 Å². The number of benzene rings is 2. The van der Waals surface area contributed by atoms with Crippen LogP contribution in [-0.4, -0.2) is 14.2 Å². The van der Waals surface area contributed by atoms with Crippen LogP contribution in [0.3, 0.4) is 0 Å². The van der Waals surface area contributed by atoms with Crippen molar-refractivity contribution in [3.63, 3.8) is 0 Å². The molecule has 0 amide bonds. The fourth-order valence-electron chi connectivity index (χ4n) is 1.95. The van der Waals surface area contributed by atoms with E-state index in [-0.39, 0.29) is 16.4 Å². The third-order valence-electron chi connectivity index (χ3n) is 3.28. The van der Waals surface area contributed by atoms with E-state index in [0.29, 0.717) is 11.5 Å². The zero-order chi connectivity index (χ0) is 16.3. The van der Waals surface area contributed by atoms with Gasteiger partial charge in [-0.25, -0.2) is 0 Å². The summed E-state index contributed by atoms with van der Waals surface area (Å²) in [6, 6.07) is 12.7. The molecule has 0 N–H and O–H groups in total. The molecule has 0 heterocycles. The Morgan fingerprint density at radius 2 is 1.68 bits per heavy atom. The lowest BCUT2D eigenvalue weighted by Gasteiger charge is -2.09. The zero-order valence-electron chi connectivity index (χ0n) is 12.7. The molecular formula is C17H18O4S. The van der Waals surface area contributed by atoms with E-state index in [4.69, 9.17) is 4.18 Å². The van der Waals surface area contributed by atoms with Gasteiger partial charge in [0, 0.05) is 5.56 Å². The second-order valence-electron chi connectivity index (χ2n) is 5.35.